The summed E-state index contributed by atoms with van der Waals surface area (Å²) < 4.78 is 2.94. The molecule has 164 valence electrons. The highest BCUT2D eigenvalue weighted by Crippen LogP contribution is 2.32. The lowest BCUT2D eigenvalue weighted by atomic mass is 10.1. The van der Waals surface area contributed by atoms with Gasteiger partial charge in [0.25, 0.3) is 5.91 Å². The van der Waals surface area contributed by atoms with Crippen LogP contribution in [0, 0.1) is 13.8 Å². The normalized spacial score (nSPS) is 11.3. The molecule has 8 heteroatoms. The first-order valence-electron chi connectivity index (χ1n) is 10.3. The van der Waals surface area contributed by atoms with Crippen LogP contribution < -0.4 is 4.90 Å². The van der Waals surface area contributed by atoms with Crippen LogP contribution in [-0.4, -0.2) is 51.8 Å². The number of rotatable bonds is 8. The molecule has 30 heavy (non-hydrogen) atoms. The molecule has 0 radical (unpaired) electrons. The molecule has 0 saturated heterocycles. The van der Waals surface area contributed by atoms with Crippen molar-refractivity contribution in [2.75, 3.05) is 31.1 Å². The average Bonchev–Trinajstić information content (AvgIpc) is 3.32. The maximum atomic E-state index is 13.4. The monoisotopic (exact) mass is 449 g/mol. The zero-order valence-electron chi connectivity index (χ0n) is 18.7. The van der Waals surface area contributed by atoms with Crippen molar-refractivity contribution in [1.82, 2.24) is 19.7 Å². The van der Waals surface area contributed by atoms with Gasteiger partial charge < -0.3 is 4.90 Å². The van der Waals surface area contributed by atoms with Gasteiger partial charge in [0.15, 0.2) is 10.8 Å². The molecule has 0 bridgehead atoms. The van der Waals surface area contributed by atoms with Crippen molar-refractivity contribution in [3.8, 4) is 0 Å². The minimum Gasteiger partial charge on any atom is -0.302 e. The van der Waals surface area contributed by atoms with E-state index >= 15 is 0 Å². The third kappa shape index (κ3) is 5.20. The molecular formula is C22H32ClN5OS. The molecule has 0 fully saturated rings. The second-order valence-corrected chi connectivity index (χ2v) is 8.69. The summed E-state index contributed by atoms with van der Waals surface area (Å²) in [5.74, 6) is -0.0926. The Bertz CT molecular complexity index is 993. The fraction of sp³-hybridized carbons (Fsp3) is 0.500. The first-order chi connectivity index (χ1) is 13.8. The highest BCUT2D eigenvalue weighted by atomic mass is 35.5. The largest absolute Gasteiger partial charge is 0.302 e. The van der Waals surface area contributed by atoms with Gasteiger partial charge in [0.05, 0.1) is 10.2 Å². The predicted molar refractivity (Wildman–Crippen MR) is 128 cm³/mol. The van der Waals surface area contributed by atoms with Crippen LogP contribution in [0.25, 0.3) is 10.2 Å². The van der Waals surface area contributed by atoms with Crippen LogP contribution >= 0.6 is 23.7 Å². The van der Waals surface area contributed by atoms with Gasteiger partial charge in [-0.05, 0) is 64.0 Å². The number of nitrogens with zero attached hydrogens (tertiary/aromatic N) is 5. The third-order valence-corrected chi connectivity index (χ3v) is 6.21. The average molecular weight is 450 g/mol. The molecule has 0 aliphatic rings. The molecule has 0 atom stereocenters. The molecule has 1 aromatic carbocycles. The van der Waals surface area contributed by atoms with E-state index in [0.29, 0.717) is 12.2 Å². The number of carbonyl (C=O) groups excluding carboxylic acids is 1. The summed E-state index contributed by atoms with van der Waals surface area (Å²) in [6.07, 6.45) is 1.87. The maximum absolute atomic E-state index is 13.4. The second-order valence-electron chi connectivity index (χ2n) is 7.68. The van der Waals surface area contributed by atoms with Gasteiger partial charge in [-0.15, -0.1) is 12.4 Å². The molecule has 3 aromatic rings. The molecule has 0 N–H and O–H groups in total. The van der Waals surface area contributed by atoms with E-state index in [4.69, 9.17) is 4.98 Å². The van der Waals surface area contributed by atoms with Crippen LogP contribution in [0.15, 0.2) is 24.4 Å². The minimum atomic E-state index is -0.0926. The summed E-state index contributed by atoms with van der Waals surface area (Å²) in [5, 5.41) is 5.24. The molecule has 1 amide bonds. The number of amides is 1. The zero-order valence-corrected chi connectivity index (χ0v) is 20.3. The SMILES string of the molecule is CCN(CC)CCN(C(=O)c1ccn(C(C)C)n1)c1nc2c(C)cc(C)cc2s1.Cl. The number of hydrogen-bond donors (Lipinski definition) is 0. The first-order valence-corrected chi connectivity index (χ1v) is 11.1. The van der Waals surface area contributed by atoms with Crippen LogP contribution in [-0.2, 0) is 0 Å². The van der Waals surface area contributed by atoms with Gasteiger partial charge in [-0.3, -0.25) is 14.4 Å². The lowest BCUT2D eigenvalue weighted by molar-refractivity contribution is 0.0978. The van der Waals surface area contributed by atoms with E-state index in [0.717, 1.165) is 40.5 Å². The smallest absolute Gasteiger partial charge is 0.280 e. The molecule has 6 nitrogen and oxygen atoms in total. The predicted octanol–water partition coefficient (Wildman–Crippen LogP) is 5.10. The summed E-state index contributed by atoms with van der Waals surface area (Å²) in [4.78, 5) is 22.4. The summed E-state index contributed by atoms with van der Waals surface area (Å²) >= 11 is 1.58. The van der Waals surface area contributed by atoms with E-state index in [1.54, 1.807) is 22.3 Å². The fourth-order valence-corrected chi connectivity index (χ4v) is 4.58. The number of fused-ring (bicyclic) bond motifs is 1. The van der Waals surface area contributed by atoms with E-state index in [9.17, 15) is 4.79 Å². The summed E-state index contributed by atoms with van der Waals surface area (Å²) in [5.41, 5.74) is 3.79. The number of hydrogen-bond acceptors (Lipinski definition) is 5. The summed E-state index contributed by atoms with van der Waals surface area (Å²) in [6, 6.07) is 6.30. The minimum absolute atomic E-state index is 0. The lowest BCUT2D eigenvalue weighted by Gasteiger charge is -2.24. The van der Waals surface area contributed by atoms with Crippen LogP contribution in [0.3, 0.4) is 0 Å². The van der Waals surface area contributed by atoms with Crippen LogP contribution in [0.1, 0.15) is 55.4 Å². The quantitative estimate of drug-likeness (QED) is 0.480. The van der Waals surface area contributed by atoms with E-state index in [2.05, 4.69) is 63.7 Å². The topological polar surface area (TPSA) is 54.3 Å². The van der Waals surface area contributed by atoms with Gasteiger partial charge in [-0.1, -0.05) is 31.3 Å². The maximum Gasteiger partial charge on any atom is 0.280 e. The van der Waals surface area contributed by atoms with Crippen molar-refractivity contribution in [2.24, 2.45) is 0 Å². The fourth-order valence-electron chi connectivity index (χ4n) is 3.42. The summed E-state index contributed by atoms with van der Waals surface area (Å²) in [6.45, 7) is 15.9. The number of carbonyl (C=O) groups is 1. The number of likely N-dealkylation sites (N-methyl/N-ethyl adjacent to an activating group) is 1. The van der Waals surface area contributed by atoms with Gasteiger partial charge in [0, 0.05) is 25.3 Å². The van der Waals surface area contributed by atoms with Crippen LogP contribution in [0.5, 0.6) is 0 Å². The Morgan fingerprint density at radius 1 is 1.17 bits per heavy atom. The first kappa shape index (κ1) is 24.3. The third-order valence-electron chi connectivity index (χ3n) is 5.19. The number of anilines is 1. The van der Waals surface area contributed by atoms with Gasteiger partial charge in [-0.2, -0.15) is 5.10 Å². The molecule has 0 aliphatic heterocycles. The number of halogens is 1. The van der Waals surface area contributed by atoms with Crippen molar-refractivity contribution >= 4 is 45.0 Å². The Hall–Kier alpha value is -1.96. The number of benzene rings is 1. The molecule has 0 spiro atoms. The molecule has 3 rings (SSSR count). The van der Waals surface area contributed by atoms with Crippen molar-refractivity contribution in [3.05, 3.63) is 41.2 Å². The van der Waals surface area contributed by atoms with Gasteiger partial charge in [0.1, 0.15) is 0 Å². The highest BCUT2D eigenvalue weighted by molar-refractivity contribution is 7.22. The van der Waals surface area contributed by atoms with E-state index in [1.807, 2.05) is 10.9 Å². The molecule has 0 saturated carbocycles. The molecule has 0 unspecified atom stereocenters. The highest BCUT2D eigenvalue weighted by Gasteiger charge is 2.24. The Morgan fingerprint density at radius 3 is 2.47 bits per heavy atom. The number of aryl methyl sites for hydroxylation is 2. The van der Waals surface area contributed by atoms with E-state index < -0.39 is 0 Å². The number of aromatic nitrogens is 3. The standard InChI is InChI=1S/C22H31N5OS.ClH/c1-7-25(8-2)11-12-26(21(28)18-9-10-27(24-18)15(3)4)22-23-20-17(6)13-16(5)14-19(20)29-22;/h9-10,13-15H,7-8,11-12H2,1-6H3;1H. The molecule has 2 aromatic heterocycles. The Morgan fingerprint density at radius 2 is 1.87 bits per heavy atom. The van der Waals surface area contributed by atoms with Crippen molar-refractivity contribution in [3.63, 3.8) is 0 Å². The number of thiazole rings is 1. The summed E-state index contributed by atoms with van der Waals surface area (Å²) in [7, 11) is 0. The lowest BCUT2D eigenvalue weighted by Crippen LogP contribution is -2.39. The van der Waals surface area contributed by atoms with Gasteiger partial charge >= 0.3 is 0 Å². The van der Waals surface area contributed by atoms with Crippen molar-refractivity contribution in [1.29, 1.82) is 0 Å². The van der Waals surface area contributed by atoms with Gasteiger partial charge in [-0.25, -0.2) is 4.98 Å². The van der Waals surface area contributed by atoms with E-state index in [-0.39, 0.29) is 24.4 Å². The Labute approximate surface area is 189 Å². The van der Waals surface area contributed by atoms with E-state index in [1.165, 1.54) is 5.56 Å². The zero-order chi connectivity index (χ0) is 21.1. The van der Waals surface area contributed by atoms with Crippen LogP contribution in [0.4, 0.5) is 5.13 Å². The van der Waals surface area contributed by atoms with Crippen LogP contribution in [0.2, 0.25) is 0 Å². The van der Waals surface area contributed by atoms with Gasteiger partial charge in [0.2, 0.25) is 0 Å². The Balaban J connectivity index is 0.00000320. The molecule has 0 aliphatic carbocycles. The molecular weight excluding hydrogens is 418 g/mol. The van der Waals surface area contributed by atoms with Crippen molar-refractivity contribution in [2.45, 2.75) is 47.6 Å². The second kappa shape index (κ2) is 10.4. The Kier molecular flexibility index (Phi) is 8.41. The molecule has 2 heterocycles. The van der Waals surface area contributed by atoms with Crippen molar-refractivity contribution < 1.29 is 4.79 Å².